The van der Waals surface area contributed by atoms with Crippen molar-refractivity contribution in [1.82, 2.24) is 20.6 Å². The zero-order chi connectivity index (χ0) is 17.3. The molecule has 0 aliphatic heterocycles. The van der Waals surface area contributed by atoms with Crippen molar-refractivity contribution in [3.8, 4) is 0 Å². The van der Waals surface area contributed by atoms with E-state index in [9.17, 15) is 0 Å². The van der Waals surface area contributed by atoms with E-state index >= 15 is 0 Å². The Morgan fingerprint density at radius 2 is 1.25 bits per heavy atom. The second-order valence-corrected chi connectivity index (χ2v) is 5.16. The van der Waals surface area contributed by atoms with Gasteiger partial charge in [0.05, 0.1) is 0 Å². The fourth-order valence-corrected chi connectivity index (χ4v) is 1.84. The average Bonchev–Trinajstić information content (AvgIpc) is 2.65. The van der Waals surface area contributed by atoms with Gasteiger partial charge >= 0.3 is 0 Å². The van der Waals surface area contributed by atoms with Gasteiger partial charge in [0, 0.05) is 24.8 Å². The number of rotatable bonds is 8. The van der Waals surface area contributed by atoms with Crippen LogP contribution in [0.2, 0.25) is 0 Å². The van der Waals surface area contributed by atoms with Gasteiger partial charge in [0.15, 0.2) is 0 Å². The molecule has 0 aromatic carbocycles. The largest absolute Gasteiger partial charge is 0.319 e. The summed E-state index contributed by atoms with van der Waals surface area (Å²) in [5.41, 5.74) is 2.32. The lowest BCUT2D eigenvalue weighted by atomic mass is 10.2. The van der Waals surface area contributed by atoms with Gasteiger partial charge in [-0.3, -0.25) is 9.97 Å². The van der Waals surface area contributed by atoms with E-state index < -0.39 is 0 Å². The first-order valence-electron chi connectivity index (χ1n) is 8.29. The fourth-order valence-electron chi connectivity index (χ4n) is 1.84. The molecule has 2 N–H and O–H groups in total. The van der Waals surface area contributed by atoms with E-state index in [1.807, 2.05) is 50.8 Å². The van der Waals surface area contributed by atoms with Crippen molar-refractivity contribution in [3.05, 3.63) is 72.3 Å². The van der Waals surface area contributed by atoms with E-state index in [1.165, 1.54) is 0 Å². The van der Waals surface area contributed by atoms with Crippen LogP contribution in [0.5, 0.6) is 0 Å². The van der Waals surface area contributed by atoms with Gasteiger partial charge in [0.1, 0.15) is 0 Å². The number of pyridine rings is 2. The molecule has 4 heteroatoms. The van der Waals surface area contributed by atoms with Crippen molar-refractivity contribution in [1.29, 1.82) is 0 Å². The van der Waals surface area contributed by atoms with E-state index in [0.717, 1.165) is 37.1 Å². The average molecular weight is 324 g/mol. The smallest absolute Gasteiger partial charge is 0.0340 e. The maximum Gasteiger partial charge on any atom is 0.0340 e. The molecule has 0 spiro atoms. The maximum absolute atomic E-state index is 4.02. The Bertz CT molecular complexity index is 511. The molecule has 0 radical (unpaired) electrons. The predicted octanol–water partition coefficient (Wildman–Crippen LogP) is 3.41. The topological polar surface area (TPSA) is 49.8 Å². The standard InChI is InChI=1S/2C10H14N2/c2*1-11-7-3-2-5-10-6-4-8-12-9-10/h2*2,4-6,8-9,11H,3,7H2,1H3/b2*5-2+. The van der Waals surface area contributed by atoms with E-state index in [1.54, 1.807) is 12.4 Å². The van der Waals surface area contributed by atoms with Gasteiger partial charge in [-0.15, -0.1) is 0 Å². The van der Waals surface area contributed by atoms with E-state index in [0.29, 0.717) is 0 Å². The second-order valence-electron chi connectivity index (χ2n) is 5.16. The van der Waals surface area contributed by atoms with Crippen LogP contribution >= 0.6 is 0 Å². The van der Waals surface area contributed by atoms with Gasteiger partial charge in [-0.2, -0.15) is 0 Å². The first kappa shape index (κ1) is 19.7. The van der Waals surface area contributed by atoms with Crippen LogP contribution in [0.3, 0.4) is 0 Å². The number of hydrogen-bond acceptors (Lipinski definition) is 4. The Labute approximate surface area is 145 Å². The third-order valence-electron chi connectivity index (χ3n) is 3.11. The number of nitrogens with one attached hydrogen (secondary N) is 2. The van der Waals surface area contributed by atoms with Crippen molar-refractivity contribution in [2.45, 2.75) is 12.8 Å². The molecule has 0 unspecified atom stereocenters. The van der Waals surface area contributed by atoms with Gasteiger partial charge in [-0.05, 0) is 63.3 Å². The molecule has 4 nitrogen and oxygen atoms in total. The van der Waals surface area contributed by atoms with Crippen LogP contribution in [0.4, 0.5) is 0 Å². The van der Waals surface area contributed by atoms with E-state index in [-0.39, 0.29) is 0 Å². The molecule has 2 heterocycles. The molecule has 0 bridgehead atoms. The summed E-state index contributed by atoms with van der Waals surface area (Å²) in [7, 11) is 3.91. The van der Waals surface area contributed by atoms with Crippen LogP contribution in [0.25, 0.3) is 12.2 Å². The minimum absolute atomic E-state index is 1.02. The molecule has 0 aliphatic carbocycles. The van der Waals surface area contributed by atoms with Crippen molar-refractivity contribution in [3.63, 3.8) is 0 Å². The molecule has 24 heavy (non-hydrogen) atoms. The summed E-state index contributed by atoms with van der Waals surface area (Å²) < 4.78 is 0. The maximum atomic E-state index is 4.02. The lowest BCUT2D eigenvalue weighted by Crippen LogP contribution is -2.05. The first-order valence-corrected chi connectivity index (χ1v) is 8.29. The highest BCUT2D eigenvalue weighted by atomic mass is 14.8. The summed E-state index contributed by atoms with van der Waals surface area (Å²) in [6, 6.07) is 7.97. The third kappa shape index (κ3) is 10.4. The lowest BCUT2D eigenvalue weighted by molar-refractivity contribution is 0.809. The molecule has 2 aromatic rings. The lowest BCUT2D eigenvalue weighted by Gasteiger charge is -1.92. The zero-order valence-electron chi connectivity index (χ0n) is 14.7. The van der Waals surface area contributed by atoms with Gasteiger partial charge in [0.25, 0.3) is 0 Å². The third-order valence-corrected chi connectivity index (χ3v) is 3.11. The molecule has 0 fully saturated rings. The molecule has 128 valence electrons. The van der Waals surface area contributed by atoms with Crippen LogP contribution in [0.15, 0.2) is 61.2 Å². The van der Waals surface area contributed by atoms with Gasteiger partial charge in [0.2, 0.25) is 0 Å². The highest BCUT2D eigenvalue weighted by Gasteiger charge is 1.83. The van der Waals surface area contributed by atoms with Crippen molar-refractivity contribution < 1.29 is 0 Å². The van der Waals surface area contributed by atoms with Crippen molar-refractivity contribution >= 4 is 12.2 Å². The van der Waals surface area contributed by atoms with Crippen LogP contribution in [-0.4, -0.2) is 37.2 Å². The summed E-state index contributed by atoms with van der Waals surface area (Å²) in [4.78, 5) is 8.03. The highest BCUT2D eigenvalue weighted by Crippen LogP contribution is 1.99. The minimum atomic E-state index is 1.02. The van der Waals surface area contributed by atoms with Crippen LogP contribution in [0.1, 0.15) is 24.0 Å². The number of hydrogen-bond donors (Lipinski definition) is 2. The summed E-state index contributed by atoms with van der Waals surface area (Å²) in [5.74, 6) is 0. The fraction of sp³-hybridized carbons (Fsp3) is 0.300. The second kappa shape index (κ2) is 14.3. The SMILES string of the molecule is CNCC/C=C/c1cccnc1.CNCC/C=C/c1cccnc1. The van der Waals surface area contributed by atoms with Gasteiger partial charge in [-0.25, -0.2) is 0 Å². The zero-order valence-corrected chi connectivity index (χ0v) is 14.7. The molecule has 0 amide bonds. The van der Waals surface area contributed by atoms with Crippen molar-refractivity contribution in [2.75, 3.05) is 27.2 Å². The molecule has 0 atom stereocenters. The quantitative estimate of drug-likeness (QED) is 0.731. The number of nitrogens with zero attached hydrogens (tertiary/aromatic N) is 2. The Balaban J connectivity index is 0.000000240. The van der Waals surface area contributed by atoms with Crippen molar-refractivity contribution in [2.24, 2.45) is 0 Å². The summed E-state index contributed by atoms with van der Waals surface area (Å²) in [5, 5.41) is 6.17. The van der Waals surface area contributed by atoms with Crippen LogP contribution in [0, 0.1) is 0 Å². The predicted molar refractivity (Wildman–Crippen MR) is 104 cm³/mol. The molecule has 0 aliphatic rings. The minimum Gasteiger partial charge on any atom is -0.319 e. The molecular weight excluding hydrogens is 296 g/mol. The highest BCUT2D eigenvalue weighted by molar-refractivity contribution is 5.47. The Morgan fingerprint density at radius 1 is 0.792 bits per heavy atom. The van der Waals surface area contributed by atoms with Crippen LogP contribution in [-0.2, 0) is 0 Å². The Morgan fingerprint density at radius 3 is 1.58 bits per heavy atom. The first-order chi connectivity index (χ1) is 11.9. The van der Waals surface area contributed by atoms with E-state index in [2.05, 4.69) is 44.9 Å². The van der Waals surface area contributed by atoms with Gasteiger partial charge in [-0.1, -0.05) is 36.4 Å². The molecular formula is C20H28N4. The normalized spacial score (nSPS) is 10.8. The van der Waals surface area contributed by atoms with Gasteiger partial charge < -0.3 is 10.6 Å². The van der Waals surface area contributed by atoms with Crippen LogP contribution < -0.4 is 10.6 Å². The number of aromatic nitrogens is 2. The molecule has 2 aromatic heterocycles. The Kier molecular flexibility index (Phi) is 11.8. The molecule has 2 rings (SSSR count). The molecule has 0 saturated heterocycles. The summed E-state index contributed by atoms with van der Waals surface area (Å²) in [6.07, 6.45) is 17.9. The molecule has 0 saturated carbocycles. The summed E-state index contributed by atoms with van der Waals surface area (Å²) in [6.45, 7) is 2.05. The van der Waals surface area contributed by atoms with E-state index in [4.69, 9.17) is 0 Å². The Hall–Kier alpha value is -2.30. The monoisotopic (exact) mass is 324 g/mol. The summed E-state index contributed by atoms with van der Waals surface area (Å²) >= 11 is 0.